The lowest BCUT2D eigenvalue weighted by Crippen LogP contribution is -2.13. The number of carbonyl (C=O) groups excluding carboxylic acids is 1. The average Bonchev–Trinajstić information content (AvgIpc) is 3.25. The fourth-order valence-electron chi connectivity index (χ4n) is 3.01. The number of rotatable bonds is 4. The number of hydrogen-bond acceptors (Lipinski definition) is 5. The van der Waals surface area contributed by atoms with E-state index in [1.54, 1.807) is 18.7 Å². The standard InChI is InChI=1S/C18H18N6O2/c1-20-18-15(17(19)25)13(22-23-18)6-3-10-7-14(26-2)16-12(11-4-5-11)8-21-24(16)9-10/h7-9,11H,4-5H2,1-2H3,(H2,19,25)(H2,20,22,23). The highest BCUT2D eigenvalue weighted by Crippen LogP contribution is 2.43. The summed E-state index contributed by atoms with van der Waals surface area (Å²) in [6, 6.07) is 1.87. The number of nitrogens with two attached hydrogens (primary N) is 1. The van der Waals surface area contributed by atoms with Crippen LogP contribution < -0.4 is 15.8 Å². The van der Waals surface area contributed by atoms with E-state index in [1.807, 2.05) is 18.5 Å². The molecule has 0 radical (unpaired) electrons. The summed E-state index contributed by atoms with van der Waals surface area (Å²) < 4.78 is 7.34. The summed E-state index contributed by atoms with van der Waals surface area (Å²) in [5, 5.41) is 14.0. The van der Waals surface area contributed by atoms with Crippen molar-refractivity contribution in [2.24, 2.45) is 5.73 Å². The summed E-state index contributed by atoms with van der Waals surface area (Å²) in [6.45, 7) is 0. The molecule has 0 spiro atoms. The zero-order valence-corrected chi connectivity index (χ0v) is 14.5. The molecule has 0 aliphatic heterocycles. The third kappa shape index (κ3) is 2.63. The van der Waals surface area contributed by atoms with Crippen molar-refractivity contribution in [1.82, 2.24) is 19.8 Å². The van der Waals surface area contributed by atoms with Crippen molar-refractivity contribution in [3.8, 4) is 17.6 Å². The maximum Gasteiger partial charge on any atom is 0.255 e. The van der Waals surface area contributed by atoms with Gasteiger partial charge in [0.05, 0.1) is 13.3 Å². The molecular weight excluding hydrogens is 332 g/mol. The second kappa shape index (κ2) is 6.11. The molecule has 0 unspecified atom stereocenters. The molecule has 1 saturated carbocycles. The van der Waals surface area contributed by atoms with Crippen LogP contribution in [-0.4, -0.2) is 39.9 Å². The second-order valence-corrected chi connectivity index (χ2v) is 6.15. The quantitative estimate of drug-likeness (QED) is 0.617. The van der Waals surface area contributed by atoms with E-state index in [0.717, 1.165) is 11.3 Å². The highest BCUT2D eigenvalue weighted by molar-refractivity contribution is 5.99. The van der Waals surface area contributed by atoms with Crippen molar-refractivity contribution in [1.29, 1.82) is 0 Å². The number of aromatic amines is 1. The second-order valence-electron chi connectivity index (χ2n) is 6.15. The van der Waals surface area contributed by atoms with Crippen molar-refractivity contribution < 1.29 is 9.53 Å². The van der Waals surface area contributed by atoms with Gasteiger partial charge in [-0.25, -0.2) is 4.52 Å². The van der Waals surface area contributed by atoms with Gasteiger partial charge in [0.1, 0.15) is 22.5 Å². The summed E-state index contributed by atoms with van der Waals surface area (Å²) in [6.07, 6.45) is 6.12. The molecule has 1 amide bonds. The number of carbonyl (C=O) groups is 1. The van der Waals surface area contributed by atoms with Crippen molar-refractivity contribution in [3.63, 3.8) is 0 Å². The monoisotopic (exact) mass is 350 g/mol. The Morgan fingerprint density at radius 3 is 2.92 bits per heavy atom. The lowest BCUT2D eigenvalue weighted by molar-refractivity contribution is 0.100. The van der Waals surface area contributed by atoms with E-state index in [1.165, 1.54) is 18.4 Å². The van der Waals surface area contributed by atoms with Crippen molar-refractivity contribution in [2.75, 3.05) is 19.5 Å². The normalized spacial score (nSPS) is 13.3. The molecule has 3 aromatic rings. The molecule has 1 aliphatic rings. The van der Waals surface area contributed by atoms with Crippen LogP contribution >= 0.6 is 0 Å². The number of anilines is 1. The van der Waals surface area contributed by atoms with Gasteiger partial charge in [0.2, 0.25) is 0 Å². The summed E-state index contributed by atoms with van der Waals surface area (Å²) in [5.74, 6) is 7.01. The lowest BCUT2D eigenvalue weighted by atomic mass is 10.1. The lowest BCUT2D eigenvalue weighted by Gasteiger charge is -2.05. The number of amides is 1. The Morgan fingerprint density at radius 2 is 2.27 bits per heavy atom. The minimum Gasteiger partial charge on any atom is -0.494 e. The third-order valence-corrected chi connectivity index (χ3v) is 4.42. The number of ether oxygens (including phenoxy) is 1. The van der Waals surface area contributed by atoms with Gasteiger partial charge in [-0.1, -0.05) is 5.92 Å². The van der Waals surface area contributed by atoms with Crippen molar-refractivity contribution in [2.45, 2.75) is 18.8 Å². The molecule has 0 aromatic carbocycles. The molecule has 1 aliphatic carbocycles. The molecule has 3 heterocycles. The van der Waals surface area contributed by atoms with Gasteiger partial charge in [-0.3, -0.25) is 9.89 Å². The van der Waals surface area contributed by atoms with E-state index in [4.69, 9.17) is 10.5 Å². The van der Waals surface area contributed by atoms with Gasteiger partial charge in [-0.05, 0) is 30.7 Å². The van der Waals surface area contributed by atoms with Crippen LogP contribution in [-0.2, 0) is 0 Å². The number of pyridine rings is 1. The zero-order chi connectivity index (χ0) is 18.3. The molecule has 1 fully saturated rings. The van der Waals surface area contributed by atoms with Crippen LogP contribution in [0.1, 0.15) is 45.9 Å². The Balaban J connectivity index is 1.77. The summed E-state index contributed by atoms with van der Waals surface area (Å²) >= 11 is 0. The molecule has 132 valence electrons. The van der Waals surface area contributed by atoms with Gasteiger partial charge in [0, 0.05) is 24.4 Å². The van der Waals surface area contributed by atoms with E-state index < -0.39 is 5.91 Å². The molecule has 26 heavy (non-hydrogen) atoms. The van der Waals surface area contributed by atoms with E-state index in [9.17, 15) is 4.79 Å². The summed E-state index contributed by atoms with van der Waals surface area (Å²) in [4.78, 5) is 11.6. The van der Waals surface area contributed by atoms with Crippen molar-refractivity contribution >= 4 is 17.2 Å². The fourth-order valence-corrected chi connectivity index (χ4v) is 3.01. The minimum atomic E-state index is -0.596. The number of H-pyrrole nitrogens is 1. The molecule has 4 rings (SSSR count). The Labute approximate surface area is 149 Å². The Kier molecular flexibility index (Phi) is 3.77. The summed E-state index contributed by atoms with van der Waals surface area (Å²) in [5.41, 5.74) is 8.92. The van der Waals surface area contributed by atoms with E-state index in [0.29, 0.717) is 23.0 Å². The summed E-state index contributed by atoms with van der Waals surface area (Å²) in [7, 11) is 3.29. The fraction of sp³-hybridized carbons (Fsp3) is 0.278. The van der Waals surface area contributed by atoms with Gasteiger partial charge in [-0.15, -0.1) is 0 Å². The van der Waals surface area contributed by atoms with E-state index >= 15 is 0 Å². The molecule has 4 N–H and O–H groups in total. The number of primary amides is 1. The number of aromatic nitrogens is 4. The number of nitrogens with one attached hydrogen (secondary N) is 2. The van der Waals surface area contributed by atoms with Gasteiger partial charge in [0.15, 0.2) is 5.82 Å². The van der Waals surface area contributed by atoms with Crippen molar-refractivity contribution in [3.05, 3.63) is 40.8 Å². The molecule has 0 saturated heterocycles. The minimum absolute atomic E-state index is 0.239. The first-order valence-corrected chi connectivity index (χ1v) is 8.25. The SMILES string of the molecule is CNc1n[nH]c(C#Cc2cc(OC)c3c(C4CC4)cnn3c2)c1C(N)=O. The predicted molar refractivity (Wildman–Crippen MR) is 96.4 cm³/mol. The smallest absolute Gasteiger partial charge is 0.255 e. The molecule has 0 atom stereocenters. The first kappa shape index (κ1) is 16.0. The zero-order valence-electron chi connectivity index (χ0n) is 14.5. The van der Waals surface area contributed by atoms with Gasteiger partial charge >= 0.3 is 0 Å². The van der Waals surface area contributed by atoms with E-state index in [2.05, 4.69) is 32.5 Å². The topological polar surface area (TPSA) is 110 Å². The maximum atomic E-state index is 11.6. The van der Waals surface area contributed by atoms with Gasteiger partial charge in [-0.2, -0.15) is 10.2 Å². The van der Waals surface area contributed by atoms with Crippen LogP contribution in [0.4, 0.5) is 5.82 Å². The Hall–Kier alpha value is -3.47. The van der Waals surface area contributed by atoms with Crippen LogP contribution in [0, 0.1) is 11.8 Å². The molecule has 8 heteroatoms. The number of nitrogens with zero attached hydrogens (tertiary/aromatic N) is 3. The molecule has 8 nitrogen and oxygen atoms in total. The largest absolute Gasteiger partial charge is 0.494 e. The van der Waals surface area contributed by atoms with Gasteiger partial charge in [0.25, 0.3) is 5.91 Å². The van der Waals surface area contributed by atoms with Crippen LogP contribution in [0.25, 0.3) is 5.52 Å². The van der Waals surface area contributed by atoms with Crippen LogP contribution in [0.2, 0.25) is 0 Å². The first-order chi connectivity index (χ1) is 12.6. The number of fused-ring (bicyclic) bond motifs is 1. The first-order valence-electron chi connectivity index (χ1n) is 8.25. The predicted octanol–water partition coefficient (Wildman–Crippen LogP) is 1.48. The Morgan fingerprint density at radius 1 is 1.46 bits per heavy atom. The highest BCUT2D eigenvalue weighted by atomic mass is 16.5. The molecular formula is C18H18N6O2. The van der Waals surface area contributed by atoms with E-state index in [-0.39, 0.29) is 5.56 Å². The highest BCUT2D eigenvalue weighted by Gasteiger charge is 2.28. The van der Waals surface area contributed by atoms with Crippen LogP contribution in [0.15, 0.2) is 18.5 Å². The van der Waals surface area contributed by atoms with Crippen LogP contribution in [0.5, 0.6) is 5.75 Å². The number of hydrogen-bond donors (Lipinski definition) is 3. The van der Waals surface area contributed by atoms with Crippen LogP contribution in [0.3, 0.4) is 0 Å². The molecule has 3 aromatic heterocycles. The average molecular weight is 350 g/mol. The third-order valence-electron chi connectivity index (χ3n) is 4.42. The Bertz CT molecular complexity index is 1060. The van der Waals surface area contributed by atoms with Gasteiger partial charge < -0.3 is 15.8 Å². The maximum absolute atomic E-state index is 11.6. The number of methoxy groups -OCH3 is 1. The molecule has 0 bridgehead atoms.